The highest BCUT2D eigenvalue weighted by Crippen LogP contribution is 2.67. The van der Waals surface area contributed by atoms with E-state index < -0.39 is 0 Å². The molecule has 2 heteroatoms. The van der Waals surface area contributed by atoms with Crippen LogP contribution in [0, 0.1) is 52.3 Å². The van der Waals surface area contributed by atoms with Crippen molar-refractivity contribution in [2.24, 2.45) is 52.3 Å². The predicted octanol–water partition coefficient (Wildman–Crippen LogP) is 10.2. The van der Waals surface area contributed by atoms with Gasteiger partial charge in [-0.3, -0.25) is 4.79 Å². The molecule has 8 atom stereocenters. The van der Waals surface area contributed by atoms with Gasteiger partial charge in [-0.25, -0.2) is 0 Å². The van der Waals surface area contributed by atoms with E-state index in [-0.39, 0.29) is 0 Å². The molecule has 0 aromatic rings. The molecule has 0 aromatic heterocycles. The van der Waals surface area contributed by atoms with Gasteiger partial charge in [0.1, 0.15) is 0 Å². The number of hydrogen-bond acceptors (Lipinski definition) is 2. The molecular weight excluding hydrogens is 456 g/mol. The molecule has 4 fully saturated rings. The number of carbonyl (C=O) groups excluding carboxylic acids is 1. The van der Waals surface area contributed by atoms with Gasteiger partial charge in [-0.15, -0.1) is 0 Å². The lowest BCUT2D eigenvalue weighted by Crippen LogP contribution is -2.50. The second-order valence-electron chi connectivity index (χ2n) is 14.9. The third-order valence-corrected chi connectivity index (χ3v) is 13.8. The molecule has 0 spiro atoms. The van der Waals surface area contributed by atoms with Gasteiger partial charge in [-0.2, -0.15) is 0 Å². The summed E-state index contributed by atoms with van der Waals surface area (Å²) in [6, 6.07) is 0. The summed E-state index contributed by atoms with van der Waals surface area (Å²) in [5, 5.41) is 1.08. The molecule has 0 aliphatic heterocycles. The van der Waals surface area contributed by atoms with E-state index in [1.807, 2.05) is 0 Å². The maximum Gasteiger partial charge on any atom is 0.192 e. The molecule has 0 heterocycles. The Morgan fingerprint density at radius 2 is 1.72 bits per heavy atom. The zero-order valence-corrected chi connectivity index (χ0v) is 25.1. The molecule has 4 saturated carbocycles. The minimum Gasteiger partial charge on any atom is -0.287 e. The Morgan fingerprint density at radius 1 is 0.944 bits per heavy atom. The average Bonchev–Trinajstić information content (AvgIpc) is 3.22. The molecular formula is C34H56OS. The summed E-state index contributed by atoms with van der Waals surface area (Å²) >= 11 is 1.76. The Balaban J connectivity index is 1.23. The third-order valence-electron chi connectivity index (χ3n) is 12.5. The van der Waals surface area contributed by atoms with Crippen LogP contribution in [-0.2, 0) is 4.79 Å². The van der Waals surface area contributed by atoms with Gasteiger partial charge in [0, 0.05) is 11.2 Å². The summed E-state index contributed by atoms with van der Waals surface area (Å²) in [7, 11) is 0. The van der Waals surface area contributed by atoms with Crippen LogP contribution >= 0.6 is 11.8 Å². The zero-order valence-electron chi connectivity index (χ0n) is 24.3. The lowest BCUT2D eigenvalue weighted by molar-refractivity contribution is -0.115. The fourth-order valence-corrected chi connectivity index (χ4v) is 11.6. The van der Waals surface area contributed by atoms with Crippen LogP contribution in [0.2, 0.25) is 0 Å². The van der Waals surface area contributed by atoms with Gasteiger partial charge in [0.15, 0.2) is 5.12 Å². The highest BCUT2D eigenvalue weighted by atomic mass is 32.2. The van der Waals surface area contributed by atoms with Crippen LogP contribution in [0.25, 0.3) is 0 Å². The molecule has 0 bridgehead atoms. The maximum atomic E-state index is 13.0. The number of fused-ring (bicyclic) bond motifs is 5. The Morgan fingerprint density at radius 3 is 2.47 bits per heavy atom. The first kappa shape index (κ1) is 27.3. The smallest absolute Gasteiger partial charge is 0.192 e. The van der Waals surface area contributed by atoms with Crippen molar-refractivity contribution < 1.29 is 4.79 Å². The van der Waals surface area contributed by atoms with Gasteiger partial charge in [0.25, 0.3) is 0 Å². The van der Waals surface area contributed by atoms with Crippen LogP contribution in [-0.4, -0.2) is 10.4 Å². The van der Waals surface area contributed by atoms with Gasteiger partial charge in [0.05, 0.1) is 0 Å². The molecule has 0 N–H and O–H groups in total. The van der Waals surface area contributed by atoms with E-state index in [2.05, 4.69) is 40.7 Å². The van der Waals surface area contributed by atoms with Crippen LogP contribution in [0.1, 0.15) is 137 Å². The molecule has 0 amide bonds. The largest absolute Gasteiger partial charge is 0.287 e. The number of rotatable bonds is 7. The first-order chi connectivity index (χ1) is 17.2. The van der Waals surface area contributed by atoms with E-state index in [0.29, 0.717) is 27.1 Å². The molecule has 0 saturated heterocycles. The fourth-order valence-electron chi connectivity index (χ4n) is 10.4. The highest BCUT2D eigenvalue weighted by molar-refractivity contribution is 8.14. The first-order valence-electron chi connectivity index (χ1n) is 16.1. The fraction of sp³-hybridized carbons (Fsp3) is 0.912. The van der Waals surface area contributed by atoms with Crippen LogP contribution in [0.4, 0.5) is 0 Å². The van der Waals surface area contributed by atoms with Crippen molar-refractivity contribution in [3.63, 3.8) is 0 Å². The van der Waals surface area contributed by atoms with E-state index in [4.69, 9.17) is 0 Å². The minimum atomic E-state index is 0.362. The van der Waals surface area contributed by atoms with Crippen molar-refractivity contribution >= 4 is 16.9 Å². The van der Waals surface area contributed by atoms with Crippen LogP contribution in [0.5, 0.6) is 0 Å². The summed E-state index contributed by atoms with van der Waals surface area (Å²) < 4.78 is 0. The van der Waals surface area contributed by atoms with Crippen LogP contribution < -0.4 is 0 Å². The Hall–Kier alpha value is -0.240. The molecule has 5 aliphatic rings. The molecule has 0 aromatic carbocycles. The van der Waals surface area contributed by atoms with Gasteiger partial charge < -0.3 is 0 Å². The van der Waals surface area contributed by atoms with E-state index in [1.165, 1.54) is 89.9 Å². The van der Waals surface area contributed by atoms with E-state index in [9.17, 15) is 4.79 Å². The topological polar surface area (TPSA) is 17.1 Å². The van der Waals surface area contributed by atoms with Gasteiger partial charge in [-0.05, 0) is 111 Å². The van der Waals surface area contributed by atoms with E-state index in [0.717, 1.165) is 48.3 Å². The molecule has 5 aliphatic carbocycles. The number of carbonyl (C=O) groups is 1. The quantitative estimate of drug-likeness (QED) is 0.316. The summed E-state index contributed by atoms with van der Waals surface area (Å²) in [4.78, 5) is 13.0. The number of thioether (sulfide) groups is 1. The Kier molecular flexibility index (Phi) is 8.42. The second-order valence-corrected chi connectivity index (χ2v) is 16.2. The van der Waals surface area contributed by atoms with Gasteiger partial charge in [0.2, 0.25) is 0 Å². The lowest BCUT2D eigenvalue weighted by Gasteiger charge is -2.58. The summed E-state index contributed by atoms with van der Waals surface area (Å²) in [5.41, 5.74) is 2.75. The first-order valence-corrected chi connectivity index (χ1v) is 17.0. The summed E-state index contributed by atoms with van der Waals surface area (Å²) in [5.74, 6) is 5.82. The Labute approximate surface area is 227 Å². The van der Waals surface area contributed by atoms with Crippen molar-refractivity contribution in [1.29, 1.82) is 0 Å². The summed E-state index contributed by atoms with van der Waals surface area (Å²) in [6.07, 6.45) is 24.2. The van der Waals surface area contributed by atoms with Crippen LogP contribution in [0.15, 0.2) is 11.6 Å². The molecule has 5 rings (SSSR count). The standard InChI is InChI=1S/C34H56OS/c1-23(2)10-9-11-24(3)29-16-17-30-28-15-14-26-22-27(36-32(35)25-12-7-6-8-13-25)18-20-33(26,4)31(28)19-21-34(29,30)5/h14,23-25,27-31H,6-13,15-22H2,1-5H3/t24-,27+,28-,29+,30-,31-,33-,34+/m0/s1. The van der Waals surface area contributed by atoms with Crippen molar-refractivity contribution in [3.05, 3.63) is 11.6 Å². The van der Waals surface area contributed by atoms with Crippen LogP contribution in [0.3, 0.4) is 0 Å². The number of allylic oxidation sites excluding steroid dienone is 2. The molecule has 0 radical (unpaired) electrons. The van der Waals surface area contributed by atoms with Crippen molar-refractivity contribution in [1.82, 2.24) is 0 Å². The molecule has 1 nitrogen and oxygen atoms in total. The predicted molar refractivity (Wildman–Crippen MR) is 156 cm³/mol. The summed E-state index contributed by atoms with van der Waals surface area (Å²) in [6.45, 7) is 12.7. The average molecular weight is 513 g/mol. The third kappa shape index (κ3) is 5.16. The van der Waals surface area contributed by atoms with Crippen molar-refractivity contribution in [2.75, 3.05) is 0 Å². The second kappa shape index (κ2) is 11.1. The van der Waals surface area contributed by atoms with Gasteiger partial charge in [-0.1, -0.05) is 96.6 Å². The molecule has 36 heavy (non-hydrogen) atoms. The van der Waals surface area contributed by atoms with Crippen molar-refractivity contribution in [2.45, 2.75) is 143 Å². The Bertz CT molecular complexity index is 808. The van der Waals surface area contributed by atoms with E-state index >= 15 is 0 Å². The minimum absolute atomic E-state index is 0.362. The monoisotopic (exact) mass is 512 g/mol. The molecule has 204 valence electrons. The van der Waals surface area contributed by atoms with Crippen molar-refractivity contribution in [3.8, 4) is 0 Å². The van der Waals surface area contributed by atoms with Gasteiger partial charge >= 0.3 is 0 Å². The zero-order chi connectivity index (χ0) is 25.5. The lowest BCUT2D eigenvalue weighted by atomic mass is 9.47. The molecule has 0 unspecified atom stereocenters. The highest BCUT2D eigenvalue weighted by Gasteiger charge is 2.59. The normalized spacial score (nSPS) is 41.8. The maximum absolute atomic E-state index is 13.0. The number of hydrogen-bond donors (Lipinski definition) is 0. The van der Waals surface area contributed by atoms with E-state index in [1.54, 1.807) is 17.3 Å². The SMILES string of the molecule is CC(C)CCC[C@H](C)[C@H]1CC[C@H]2[C@@H]3CC=C4C[C@H](SC(=O)C5CCCCC5)CC[C@]4(C)[C@H]3CC[C@]12C.